The molecule has 6 aromatic rings. The zero-order valence-electron chi connectivity index (χ0n) is 30.9. The number of benzene rings is 3. The van der Waals surface area contributed by atoms with Crippen molar-refractivity contribution < 1.29 is 39.6 Å². The van der Waals surface area contributed by atoms with Gasteiger partial charge in [0, 0.05) is 44.2 Å². The molecule has 2 amide bonds. The maximum atomic E-state index is 12.9. The maximum absolute atomic E-state index is 12.9. The first-order chi connectivity index (χ1) is 27.6. The molecule has 3 aromatic heterocycles. The molecule has 0 unspecified atom stereocenters. The van der Waals surface area contributed by atoms with E-state index >= 15 is 0 Å². The number of nitrogens with zero attached hydrogens (tertiary/aromatic N) is 6. The van der Waals surface area contributed by atoms with Crippen LogP contribution in [0.1, 0.15) is 59.7 Å². The molecule has 2 saturated heterocycles. The second kappa shape index (κ2) is 16.0. The van der Waals surface area contributed by atoms with Crippen LogP contribution >= 0.6 is 0 Å². The Kier molecular flexibility index (Phi) is 10.5. The monoisotopic (exact) mass is 777 g/mol. The summed E-state index contributed by atoms with van der Waals surface area (Å²) in [6.45, 7) is 3.42. The predicted molar refractivity (Wildman–Crippen MR) is 207 cm³/mol. The number of imidazole rings is 1. The lowest BCUT2D eigenvalue weighted by Crippen LogP contribution is -2.43. The Bertz CT molecular complexity index is 2290. The molecule has 2 aliphatic rings. The fraction of sp³-hybridized carbons (Fsp3) is 0.325. The zero-order valence-corrected chi connectivity index (χ0v) is 30.9. The summed E-state index contributed by atoms with van der Waals surface area (Å²) in [5, 5.41) is 65.5. The lowest BCUT2D eigenvalue weighted by atomic mass is 9.91. The molecule has 296 valence electrons. The van der Waals surface area contributed by atoms with Gasteiger partial charge in [-0.3, -0.25) is 4.57 Å². The smallest absolute Gasteiger partial charge is 0.315 e. The summed E-state index contributed by atoms with van der Waals surface area (Å²) in [6.07, 6.45) is -2.06. The van der Waals surface area contributed by atoms with Gasteiger partial charge in [-0.05, 0) is 65.9 Å². The molecule has 0 bridgehead atoms. The number of hydrogen-bond donors (Lipinski definition) is 8. The molecule has 2 fully saturated rings. The van der Waals surface area contributed by atoms with E-state index in [9.17, 15) is 30.3 Å². The van der Waals surface area contributed by atoms with E-state index in [-0.39, 0.29) is 41.8 Å². The van der Waals surface area contributed by atoms with Gasteiger partial charge in [0.1, 0.15) is 35.6 Å². The number of phenolic OH excluding ortho intramolecular Hbond substituents is 3. The van der Waals surface area contributed by atoms with Gasteiger partial charge in [-0.1, -0.05) is 48.5 Å². The quantitative estimate of drug-likeness (QED) is 0.0883. The number of anilines is 2. The standard InChI is InChI=1S/C40H43N9O8/c1-2-25-17-31(57-47-25)35-33(53)34(54)38(56-35)49-21-43-32-36(41-19-30(23-6-10-27(50)11-7-23)24-8-12-28(51)13-9-24)45-39(46-37(32)49)48-15-14-26(20-48)44-40(55)42-18-22-4-3-5-29(52)16-22/h3-13,16-17,21,26,30,33-35,38,50-54H,2,14-15,18-20H2,1H3,(H,41,45,46)(H2,42,44,55)/t26-,33+,34+,35-,38-/m1/s1. The van der Waals surface area contributed by atoms with E-state index in [1.807, 2.05) is 42.2 Å². The van der Waals surface area contributed by atoms with E-state index in [0.717, 1.165) is 16.7 Å². The molecule has 0 saturated carbocycles. The van der Waals surface area contributed by atoms with Crippen molar-refractivity contribution in [1.29, 1.82) is 0 Å². The zero-order chi connectivity index (χ0) is 39.6. The Morgan fingerprint density at radius 3 is 2.35 bits per heavy atom. The summed E-state index contributed by atoms with van der Waals surface area (Å²) in [7, 11) is 0. The lowest BCUT2D eigenvalue weighted by Gasteiger charge is -2.22. The number of carbonyl (C=O) groups excluding carboxylic acids is 1. The van der Waals surface area contributed by atoms with Crippen LogP contribution in [0.15, 0.2) is 89.7 Å². The maximum Gasteiger partial charge on any atom is 0.315 e. The van der Waals surface area contributed by atoms with E-state index in [4.69, 9.17) is 19.2 Å². The fourth-order valence-electron chi connectivity index (χ4n) is 7.29. The van der Waals surface area contributed by atoms with Crippen LogP contribution in [0.25, 0.3) is 11.2 Å². The highest BCUT2D eigenvalue weighted by Crippen LogP contribution is 2.41. The van der Waals surface area contributed by atoms with Gasteiger partial charge in [-0.15, -0.1) is 0 Å². The Hall–Kier alpha value is -6.43. The summed E-state index contributed by atoms with van der Waals surface area (Å²) < 4.78 is 13.2. The number of carbonyl (C=O) groups is 1. The van der Waals surface area contributed by atoms with E-state index in [1.54, 1.807) is 53.1 Å². The van der Waals surface area contributed by atoms with E-state index < -0.39 is 24.5 Å². The van der Waals surface area contributed by atoms with Crippen molar-refractivity contribution in [2.24, 2.45) is 0 Å². The van der Waals surface area contributed by atoms with Gasteiger partial charge in [0.25, 0.3) is 0 Å². The van der Waals surface area contributed by atoms with Gasteiger partial charge >= 0.3 is 6.03 Å². The number of hydrogen-bond acceptors (Lipinski definition) is 14. The normalized spacial score (nSPS) is 20.7. The minimum Gasteiger partial charge on any atom is -0.508 e. The fourth-order valence-corrected chi connectivity index (χ4v) is 7.29. The van der Waals surface area contributed by atoms with Crippen LogP contribution in [-0.2, 0) is 17.7 Å². The molecular weight excluding hydrogens is 734 g/mol. The molecule has 3 aromatic carbocycles. The number of aromatic nitrogens is 5. The number of urea groups is 1. The van der Waals surface area contributed by atoms with Crippen LogP contribution < -0.4 is 20.9 Å². The summed E-state index contributed by atoms with van der Waals surface area (Å²) >= 11 is 0. The Labute approximate surface area is 326 Å². The third kappa shape index (κ3) is 7.98. The van der Waals surface area contributed by atoms with E-state index in [0.29, 0.717) is 66.9 Å². The molecule has 5 atom stereocenters. The van der Waals surface area contributed by atoms with Gasteiger partial charge in [-0.25, -0.2) is 9.78 Å². The third-order valence-corrected chi connectivity index (χ3v) is 10.4. The van der Waals surface area contributed by atoms with Gasteiger partial charge in [0.05, 0.1) is 12.0 Å². The Balaban J connectivity index is 1.08. The minimum atomic E-state index is -1.37. The van der Waals surface area contributed by atoms with Crippen LogP contribution in [0.2, 0.25) is 0 Å². The number of phenols is 3. The molecule has 2 aliphatic heterocycles. The van der Waals surface area contributed by atoms with Crippen molar-refractivity contribution in [2.75, 3.05) is 29.9 Å². The average molecular weight is 778 g/mol. The number of aliphatic hydroxyl groups excluding tert-OH is 2. The van der Waals surface area contributed by atoms with Gasteiger partial charge < -0.3 is 55.6 Å². The Morgan fingerprint density at radius 1 is 0.930 bits per heavy atom. The number of ether oxygens (including phenoxy) is 1. The topological polar surface area (TPSA) is 236 Å². The minimum absolute atomic E-state index is 0.120. The molecule has 8 rings (SSSR count). The van der Waals surface area contributed by atoms with Crippen molar-refractivity contribution in [1.82, 2.24) is 35.3 Å². The van der Waals surface area contributed by atoms with Crippen molar-refractivity contribution in [3.05, 3.63) is 113 Å². The number of aromatic hydroxyl groups is 3. The molecule has 17 heteroatoms. The first-order valence-electron chi connectivity index (χ1n) is 18.7. The number of rotatable bonds is 12. The highest BCUT2D eigenvalue weighted by Gasteiger charge is 2.47. The van der Waals surface area contributed by atoms with E-state index in [2.05, 4.69) is 26.1 Å². The third-order valence-electron chi connectivity index (χ3n) is 10.4. The molecule has 5 heterocycles. The lowest BCUT2D eigenvalue weighted by molar-refractivity contribution is -0.0434. The largest absolute Gasteiger partial charge is 0.508 e. The Morgan fingerprint density at radius 2 is 1.67 bits per heavy atom. The second-order valence-corrected chi connectivity index (χ2v) is 14.2. The molecule has 17 nitrogen and oxygen atoms in total. The van der Waals surface area contributed by atoms with E-state index in [1.165, 1.54) is 6.33 Å². The first kappa shape index (κ1) is 37.5. The van der Waals surface area contributed by atoms with Crippen LogP contribution in [0, 0.1) is 0 Å². The molecular formula is C40H43N9O8. The van der Waals surface area contributed by atoms with Gasteiger partial charge in [-0.2, -0.15) is 9.97 Å². The van der Waals surface area contributed by atoms with Crippen LogP contribution in [-0.4, -0.2) is 94.1 Å². The highest BCUT2D eigenvalue weighted by molar-refractivity contribution is 5.84. The van der Waals surface area contributed by atoms with Crippen molar-refractivity contribution in [2.45, 2.75) is 62.8 Å². The van der Waals surface area contributed by atoms with Crippen LogP contribution in [0.5, 0.6) is 17.2 Å². The van der Waals surface area contributed by atoms with Crippen molar-refractivity contribution in [3.63, 3.8) is 0 Å². The molecule has 57 heavy (non-hydrogen) atoms. The predicted octanol–water partition coefficient (Wildman–Crippen LogP) is 3.81. The molecule has 0 spiro atoms. The number of aryl methyl sites for hydroxylation is 1. The SMILES string of the molecule is CCc1cc([C@H]2O[C@@H](n3cnc4c(NCC(c5ccc(O)cc5)c5ccc(O)cc5)nc(N5CC[C@@H](NC(=O)NCc6cccc(O)c6)C5)nc43)[C@@H](O)[C@@H]2O)on1. The number of aliphatic hydroxyl groups is 2. The molecule has 0 aliphatic carbocycles. The van der Waals surface area contributed by atoms with Crippen molar-refractivity contribution >= 4 is 29.0 Å². The van der Waals surface area contributed by atoms with Gasteiger partial charge in [0.15, 0.2) is 29.0 Å². The summed E-state index contributed by atoms with van der Waals surface area (Å²) in [5.41, 5.74) is 3.97. The highest BCUT2D eigenvalue weighted by atomic mass is 16.6. The summed E-state index contributed by atoms with van der Waals surface area (Å²) in [4.78, 5) is 29.3. The second-order valence-electron chi connectivity index (χ2n) is 14.2. The average Bonchev–Trinajstić information content (AvgIpc) is 4.03. The van der Waals surface area contributed by atoms with Crippen LogP contribution in [0.4, 0.5) is 16.6 Å². The number of nitrogens with one attached hydrogen (secondary N) is 3. The molecule has 8 N–H and O–H groups in total. The number of fused-ring (bicyclic) bond motifs is 1. The first-order valence-corrected chi connectivity index (χ1v) is 18.7. The number of amides is 2. The summed E-state index contributed by atoms with van der Waals surface area (Å²) in [6, 6.07) is 21.6. The van der Waals surface area contributed by atoms with Crippen molar-refractivity contribution in [3.8, 4) is 17.2 Å². The molecule has 0 radical (unpaired) electrons. The van der Waals surface area contributed by atoms with Crippen LogP contribution in [0.3, 0.4) is 0 Å². The van der Waals surface area contributed by atoms with Gasteiger partial charge in [0.2, 0.25) is 5.95 Å². The summed E-state index contributed by atoms with van der Waals surface area (Å²) in [5.74, 6) is 1.17.